The fraction of sp³-hybridized carbons (Fsp3) is 0.533. The number of carboxylic acids is 1. The zero-order valence-electron chi connectivity index (χ0n) is 13.2. The quantitative estimate of drug-likeness (QED) is 0.816. The van der Waals surface area contributed by atoms with E-state index in [4.69, 9.17) is 9.47 Å². The van der Waals surface area contributed by atoms with Crippen LogP contribution in [-0.2, 0) is 14.8 Å². The second-order valence-corrected chi connectivity index (χ2v) is 7.25. The average molecular weight is 343 g/mol. The first-order valence-electron chi connectivity index (χ1n) is 7.34. The SMILES string of the molecule is COc1ccc(S(=O)(=O)NC2(C(=O)O)CCCCC2)cc1OC. The summed E-state index contributed by atoms with van der Waals surface area (Å²) < 4.78 is 37.8. The van der Waals surface area contributed by atoms with Gasteiger partial charge in [-0.25, -0.2) is 8.42 Å². The Hall–Kier alpha value is -1.80. The monoisotopic (exact) mass is 343 g/mol. The van der Waals surface area contributed by atoms with Gasteiger partial charge in [0.15, 0.2) is 11.5 Å². The number of carboxylic acid groups (broad SMARTS) is 1. The number of methoxy groups -OCH3 is 2. The molecule has 1 aliphatic rings. The van der Waals surface area contributed by atoms with Crippen LogP contribution in [0.3, 0.4) is 0 Å². The van der Waals surface area contributed by atoms with Crippen LogP contribution in [0.5, 0.6) is 11.5 Å². The summed E-state index contributed by atoms with van der Waals surface area (Å²) in [6.07, 6.45) is 2.85. The molecular weight excluding hydrogens is 322 g/mol. The molecule has 0 aromatic heterocycles. The van der Waals surface area contributed by atoms with E-state index < -0.39 is 21.5 Å². The third-order valence-electron chi connectivity index (χ3n) is 4.11. The maximum absolute atomic E-state index is 12.6. The third kappa shape index (κ3) is 3.59. The van der Waals surface area contributed by atoms with Crippen LogP contribution < -0.4 is 14.2 Å². The molecule has 0 bridgehead atoms. The van der Waals surface area contributed by atoms with E-state index in [1.807, 2.05) is 0 Å². The number of aliphatic carboxylic acids is 1. The zero-order valence-corrected chi connectivity index (χ0v) is 14.0. The minimum Gasteiger partial charge on any atom is -0.493 e. The van der Waals surface area contributed by atoms with Crippen LogP contribution in [0, 0.1) is 0 Å². The molecule has 0 amide bonds. The van der Waals surface area contributed by atoms with E-state index in [9.17, 15) is 18.3 Å². The Kier molecular flexibility index (Phi) is 5.16. The predicted molar refractivity (Wildman–Crippen MR) is 83.3 cm³/mol. The van der Waals surface area contributed by atoms with Crippen molar-refractivity contribution in [3.63, 3.8) is 0 Å². The lowest BCUT2D eigenvalue weighted by molar-refractivity contribution is -0.145. The van der Waals surface area contributed by atoms with Gasteiger partial charge in [0.1, 0.15) is 5.54 Å². The van der Waals surface area contributed by atoms with Gasteiger partial charge in [0.05, 0.1) is 19.1 Å². The van der Waals surface area contributed by atoms with Crippen molar-refractivity contribution in [1.82, 2.24) is 4.72 Å². The molecule has 1 aliphatic carbocycles. The van der Waals surface area contributed by atoms with Gasteiger partial charge in [-0.1, -0.05) is 19.3 Å². The molecule has 23 heavy (non-hydrogen) atoms. The van der Waals surface area contributed by atoms with E-state index >= 15 is 0 Å². The van der Waals surface area contributed by atoms with Crippen molar-refractivity contribution in [2.75, 3.05) is 14.2 Å². The minimum absolute atomic E-state index is 0.0543. The highest BCUT2D eigenvalue weighted by Gasteiger charge is 2.43. The molecule has 1 fully saturated rings. The van der Waals surface area contributed by atoms with E-state index in [2.05, 4.69) is 4.72 Å². The van der Waals surface area contributed by atoms with Crippen molar-refractivity contribution in [2.45, 2.75) is 42.5 Å². The molecule has 0 atom stereocenters. The molecule has 2 N–H and O–H groups in total. The van der Waals surface area contributed by atoms with Crippen molar-refractivity contribution in [3.8, 4) is 11.5 Å². The lowest BCUT2D eigenvalue weighted by atomic mass is 9.83. The molecule has 0 spiro atoms. The van der Waals surface area contributed by atoms with Crippen LogP contribution in [0.4, 0.5) is 0 Å². The second kappa shape index (κ2) is 6.76. The van der Waals surface area contributed by atoms with Crippen molar-refractivity contribution in [2.24, 2.45) is 0 Å². The Morgan fingerprint density at radius 3 is 2.26 bits per heavy atom. The number of rotatable bonds is 6. The Morgan fingerprint density at radius 1 is 1.13 bits per heavy atom. The van der Waals surface area contributed by atoms with Gasteiger partial charge in [-0.05, 0) is 25.0 Å². The van der Waals surface area contributed by atoms with Crippen LogP contribution in [0.1, 0.15) is 32.1 Å². The van der Waals surface area contributed by atoms with Gasteiger partial charge in [0.2, 0.25) is 10.0 Å². The second-order valence-electron chi connectivity index (χ2n) is 5.57. The maximum Gasteiger partial charge on any atom is 0.324 e. The van der Waals surface area contributed by atoms with Crippen LogP contribution in [0.2, 0.25) is 0 Å². The van der Waals surface area contributed by atoms with Gasteiger partial charge in [0, 0.05) is 6.07 Å². The van der Waals surface area contributed by atoms with E-state index in [1.54, 1.807) is 0 Å². The van der Waals surface area contributed by atoms with Gasteiger partial charge in [0.25, 0.3) is 0 Å². The highest BCUT2D eigenvalue weighted by atomic mass is 32.2. The molecule has 2 rings (SSSR count). The van der Waals surface area contributed by atoms with Crippen molar-refractivity contribution < 1.29 is 27.8 Å². The summed E-state index contributed by atoms with van der Waals surface area (Å²) in [5.41, 5.74) is -1.44. The van der Waals surface area contributed by atoms with E-state index in [0.717, 1.165) is 6.42 Å². The summed E-state index contributed by atoms with van der Waals surface area (Å²) in [5.74, 6) is -0.471. The molecule has 1 saturated carbocycles. The maximum atomic E-state index is 12.6. The average Bonchev–Trinajstić information content (AvgIpc) is 2.54. The predicted octanol–water partition coefficient (Wildman–Crippen LogP) is 1.77. The molecule has 0 unspecified atom stereocenters. The van der Waals surface area contributed by atoms with Gasteiger partial charge < -0.3 is 14.6 Å². The van der Waals surface area contributed by atoms with Crippen LogP contribution in [0.15, 0.2) is 23.1 Å². The lowest BCUT2D eigenvalue weighted by Gasteiger charge is -2.33. The number of hydrogen-bond donors (Lipinski definition) is 2. The Morgan fingerprint density at radius 2 is 1.74 bits per heavy atom. The third-order valence-corrected chi connectivity index (χ3v) is 5.65. The fourth-order valence-electron chi connectivity index (χ4n) is 2.81. The lowest BCUT2D eigenvalue weighted by Crippen LogP contribution is -2.55. The number of hydrogen-bond acceptors (Lipinski definition) is 5. The Balaban J connectivity index is 2.36. The number of sulfonamides is 1. The van der Waals surface area contributed by atoms with Crippen molar-refractivity contribution >= 4 is 16.0 Å². The first-order chi connectivity index (χ1) is 10.8. The number of carbonyl (C=O) groups is 1. The number of benzene rings is 1. The summed E-state index contributed by atoms with van der Waals surface area (Å²) in [6.45, 7) is 0. The number of ether oxygens (including phenoxy) is 2. The summed E-state index contributed by atoms with van der Waals surface area (Å²) >= 11 is 0. The minimum atomic E-state index is -3.99. The first-order valence-corrected chi connectivity index (χ1v) is 8.82. The van der Waals surface area contributed by atoms with Crippen LogP contribution in [0.25, 0.3) is 0 Å². The summed E-state index contributed by atoms with van der Waals surface area (Å²) in [5, 5.41) is 9.51. The molecule has 7 nitrogen and oxygen atoms in total. The standard InChI is InChI=1S/C15H21NO6S/c1-21-12-7-6-11(10-13(12)22-2)23(19,20)16-15(14(17)18)8-4-3-5-9-15/h6-7,10,16H,3-5,8-9H2,1-2H3,(H,17,18). The van der Waals surface area contributed by atoms with E-state index in [1.165, 1.54) is 32.4 Å². The van der Waals surface area contributed by atoms with Gasteiger partial charge >= 0.3 is 5.97 Å². The Labute approximate surface area is 135 Å². The van der Waals surface area contributed by atoms with E-state index in [0.29, 0.717) is 18.6 Å². The van der Waals surface area contributed by atoms with Gasteiger partial charge in [-0.3, -0.25) is 4.79 Å². The molecule has 8 heteroatoms. The molecular formula is C15H21NO6S. The zero-order chi connectivity index (χ0) is 17.1. The summed E-state index contributed by atoms with van der Waals surface area (Å²) in [7, 11) is -1.13. The molecule has 0 saturated heterocycles. The smallest absolute Gasteiger partial charge is 0.324 e. The molecule has 1 aromatic carbocycles. The fourth-order valence-corrected chi connectivity index (χ4v) is 4.25. The highest BCUT2D eigenvalue weighted by Crippen LogP contribution is 2.33. The summed E-state index contributed by atoms with van der Waals surface area (Å²) in [6, 6.07) is 4.16. The normalized spacial score (nSPS) is 17.5. The molecule has 1 aromatic rings. The van der Waals surface area contributed by atoms with Gasteiger partial charge in [-0.2, -0.15) is 4.72 Å². The van der Waals surface area contributed by atoms with Crippen molar-refractivity contribution in [3.05, 3.63) is 18.2 Å². The number of nitrogens with one attached hydrogen (secondary N) is 1. The van der Waals surface area contributed by atoms with Gasteiger partial charge in [-0.15, -0.1) is 0 Å². The highest BCUT2D eigenvalue weighted by molar-refractivity contribution is 7.89. The molecule has 128 valence electrons. The first kappa shape index (κ1) is 17.6. The van der Waals surface area contributed by atoms with Crippen LogP contribution in [-0.4, -0.2) is 39.3 Å². The van der Waals surface area contributed by atoms with Crippen molar-refractivity contribution in [1.29, 1.82) is 0 Å². The molecule has 0 heterocycles. The van der Waals surface area contributed by atoms with Crippen LogP contribution >= 0.6 is 0 Å². The molecule has 0 radical (unpaired) electrons. The largest absolute Gasteiger partial charge is 0.493 e. The Bertz CT molecular complexity index is 679. The topological polar surface area (TPSA) is 102 Å². The summed E-state index contributed by atoms with van der Waals surface area (Å²) in [4.78, 5) is 11.6. The van der Waals surface area contributed by atoms with E-state index in [-0.39, 0.29) is 23.5 Å². The molecule has 0 aliphatic heterocycles.